The molecule has 0 amide bonds. The highest BCUT2D eigenvalue weighted by atomic mass is 79.9. The summed E-state index contributed by atoms with van der Waals surface area (Å²) in [6, 6.07) is 9.34. The van der Waals surface area contributed by atoms with E-state index in [1.54, 1.807) is 19.2 Å². The average molecular weight is 326 g/mol. The fraction of sp³-hybridized carbons (Fsp3) is 0.200. The molecule has 0 saturated carbocycles. The number of nitrogens with one attached hydrogen (secondary N) is 1. The van der Waals surface area contributed by atoms with E-state index in [1.165, 1.54) is 18.2 Å². The average Bonchev–Trinajstić information content (AvgIpc) is 2.37. The van der Waals surface area contributed by atoms with Crippen molar-refractivity contribution in [2.75, 3.05) is 7.05 Å². The van der Waals surface area contributed by atoms with Crippen molar-refractivity contribution >= 4 is 15.9 Å². The van der Waals surface area contributed by atoms with Gasteiger partial charge in [-0.05, 0) is 64.8 Å². The highest BCUT2D eigenvalue weighted by Gasteiger charge is 2.18. The normalized spacial score (nSPS) is 12.5. The third kappa shape index (κ3) is 2.85. The summed E-state index contributed by atoms with van der Waals surface area (Å²) in [5, 5.41) is 3.14. The molecule has 1 N–H and O–H groups in total. The highest BCUT2D eigenvalue weighted by Crippen LogP contribution is 2.31. The van der Waals surface area contributed by atoms with Crippen LogP contribution in [0.1, 0.15) is 22.7 Å². The zero-order valence-electron chi connectivity index (χ0n) is 10.7. The van der Waals surface area contributed by atoms with Crippen LogP contribution >= 0.6 is 15.9 Å². The van der Waals surface area contributed by atoms with Crippen LogP contribution in [0.5, 0.6) is 0 Å². The van der Waals surface area contributed by atoms with Crippen LogP contribution in [-0.2, 0) is 0 Å². The summed E-state index contributed by atoms with van der Waals surface area (Å²) in [7, 11) is 1.80. The first-order valence-electron chi connectivity index (χ1n) is 5.92. The van der Waals surface area contributed by atoms with Gasteiger partial charge in [0.2, 0.25) is 0 Å². The number of rotatable bonds is 3. The molecule has 2 rings (SSSR count). The van der Waals surface area contributed by atoms with Gasteiger partial charge in [-0.2, -0.15) is 0 Å². The van der Waals surface area contributed by atoms with E-state index in [9.17, 15) is 8.78 Å². The lowest BCUT2D eigenvalue weighted by Crippen LogP contribution is -2.19. The zero-order valence-corrected chi connectivity index (χ0v) is 12.3. The topological polar surface area (TPSA) is 12.0 Å². The first-order valence-corrected chi connectivity index (χ1v) is 6.71. The molecule has 0 heterocycles. The van der Waals surface area contributed by atoms with Crippen LogP contribution in [-0.4, -0.2) is 7.05 Å². The molecule has 0 aliphatic heterocycles. The van der Waals surface area contributed by atoms with Gasteiger partial charge >= 0.3 is 0 Å². The third-order valence-corrected chi connectivity index (χ3v) is 3.96. The Hall–Kier alpha value is -1.26. The van der Waals surface area contributed by atoms with Crippen LogP contribution in [0.3, 0.4) is 0 Å². The third-order valence-electron chi connectivity index (χ3n) is 3.12. The van der Waals surface area contributed by atoms with Crippen LogP contribution in [0.15, 0.2) is 40.9 Å². The minimum atomic E-state index is -0.308. The van der Waals surface area contributed by atoms with Gasteiger partial charge < -0.3 is 5.32 Å². The van der Waals surface area contributed by atoms with E-state index in [4.69, 9.17) is 0 Å². The Morgan fingerprint density at radius 3 is 2.47 bits per heavy atom. The predicted molar refractivity (Wildman–Crippen MR) is 76.1 cm³/mol. The van der Waals surface area contributed by atoms with E-state index in [0.29, 0.717) is 4.47 Å². The molecule has 4 heteroatoms. The molecule has 0 aromatic heterocycles. The van der Waals surface area contributed by atoms with Crippen LogP contribution in [0, 0.1) is 18.6 Å². The summed E-state index contributed by atoms with van der Waals surface area (Å²) in [6.45, 7) is 1.84. The molecular formula is C15H14BrF2N. The minimum Gasteiger partial charge on any atom is -0.309 e. The van der Waals surface area contributed by atoms with E-state index >= 15 is 0 Å². The summed E-state index contributed by atoms with van der Waals surface area (Å²) in [5.41, 5.74) is 2.54. The summed E-state index contributed by atoms with van der Waals surface area (Å²) in [5.74, 6) is -0.577. The van der Waals surface area contributed by atoms with Gasteiger partial charge in [0.1, 0.15) is 11.6 Å². The van der Waals surface area contributed by atoms with Gasteiger partial charge in [-0.1, -0.05) is 18.2 Å². The number of benzene rings is 2. The van der Waals surface area contributed by atoms with E-state index in [-0.39, 0.29) is 17.7 Å². The largest absolute Gasteiger partial charge is 0.309 e. The molecule has 19 heavy (non-hydrogen) atoms. The molecule has 2 aromatic carbocycles. The summed E-state index contributed by atoms with van der Waals surface area (Å²) in [4.78, 5) is 0. The summed E-state index contributed by atoms with van der Waals surface area (Å²) >= 11 is 3.27. The molecule has 0 spiro atoms. The molecule has 2 aromatic rings. The van der Waals surface area contributed by atoms with Crippen LogP contribution < -0.4 is 5.32 Å². The molecular weight excluding hydrogens is 312 g/mol. The predicted octanol–water partition coefficient (Wildman–Crippen LogP) is 4.34. The molecule has 0 bridgehead atoms. The SMILES string of the molecule is CNC(c1ccc(F)cc1C)c1cccc(F)c1Br. The Bertz CT molecular complexity index is 599. The van der Waals surface area contributed by atoms with Crippen molar-refractivity contribution < 1.29 is 8.78 Å². The van der Waals surface area contributed by atoms with Gasteiger partial charge in [-0.3, -0.25) is 0 Å². The Balaban J connectivity index is 2.53. The van der Waals surface area contributed by atoms with Gasteiger partial charge in [0.25, 0.3) is 0 Å². The second-order valence-electron chi connectivity index (χ2n) is 4.37. The van der Waals surface area contributed by atoms with Gasteiger partial charge in [0, 0.05) is 0 Å². The fourth-order valence-electron chi connectivity index (χ4n) is 2.18. The van der Waals surface area contributed by atoms with Crippen molar-refractivity contribution in [3.8, 4) is 0 Å². The van der Waals surface area contributed by atoms with E-state index in [0.717, 1.165) is 16.7 Å². The summed E-state index contributed by atoms with van der Waals surface area (Å²) < 4.78 is 27.2. The van der Waals surface area contributed by atoms with Crippen molar-refractivity contribution in [3.05, 3.63) is 69.2 Å². The zero-order chi connectivity index (χ0) is 14.0. The Morgan fingerprint density at radius 1 is 1.11 bits per heavy atom. The molecule has 1 atom stereocenters. The molecule has 1 unspecified atom stereocenters. The van der Waals surface area contributed by atoms with Crippen LogP contribution in [0.25, 0.3) is 0 Å². The van der Waals surface area contributed by atoms with Crippen molar-refractivity contribution in [3.63, 3.8) is 0 Å². The lowest BCUT2D eigenvalue weighted by molar-refractivity contribution is 0.604. The standard InChI is InChI=1S/C15H14BrF2N/c1-9-8-10(17)6-7-11(9)15(19-2)12-4-3-5-13(18)14(12)16/h3-8,15,19H,1-2H3. The van der Waals surface area contributed by atoms with E-state index in [1.807, 2.05) is 13.0 Å². The molecule has 0 aliphatic carbocycles. The molecule has 0 radical (unpaired) electrons. The minimum absolute atomic E-state index is 0.189. The van der Waals surface area contributed by atoms with Gasteiger partial charge in [0.15, 0.2) is 0 Å². The lowest BCUT2D eigenvalue weighted by Gasteiger charge is -2.21. The maximum Gasteiger partial charge on any atom is 0.137 e. The van der Waals surface area contributed by atoms with Crippen molar-refractivity contribution in [1.29, 1.82) is 0 Å². The first-order chi connectivity index (χ1) is 9.04. The number of aryl methyl sites for hydroxylation is 1. The van der Waals surface area contributed by atoms with Gasteiger partial charge in [-0.15, -0.1) is 0 Å². The van der Waals surface area contributed by atoms with E-state index in [2.05, 4.69) is 21.2 Å². The Labute approximate surface area is 119 Å². The second-order valence-corrected chi connectivity index (χ2v) is 5.16. The fourth-order valence-corrected chi connectivity index (χ4v) is 2.68. The quantitative estimate of drug-likeness (QED) is 0.884. The smallest absolute Gasteiger partial charge is 0.137 e. The number of hydrogen-bond acceptors (Lipinski definition) is 1. The lowest BCUT2D eigenvalue weighted by atomic mass is 9.95. The first kappa shape index (κ1) is 14.2. The monoisotopic (exact) mass is 325 g/mol. The number of hydrogen-bond donors (Lipinski definition) is 1. The van der Waals surface area contributed by atoms with Crippen molar-refractivity contribution in [2.24, 2.45) is 0 Å². The Kier molecular flexibility index (Phi) is 4.32. The van der Waals surface area contributed by atoms with E-state index < -0.39 is 0 Å². The molecule has 0 fully saturated rings. The molecule has 0 aliphatic rings. The molecule has 0 saturated heterocycles. The molecule has 1 nitrogen and oxygen atoms in total. The van der Waals surface area contributed by atoms with Crippen molar-refractivity contribution in [1.82, 2.24) is 5.32 Å². The van der Waals surface area contributed by atoms with Crippen molar-refractivity contribution in [2.45, 2.75) is 13.0 Å². The second kappa shape index (κ2) is 5.80. The van der Waals surface area contributed by atoms with Crippen LogP contribution in [0.2, 0.25) is 0 Å². The Morgan fingerprint density at radius 2 is 1.84 bits per heavy atom. The maximum atomic E-state index is 13.6. The van der Waals surface area contributed by atoms with Crippen LogP contribution in [0.4, 0.5) is 8.78 Å². The summed E-state index contributed by atoms with van der Waals surface area (Å²) in [6.07, 6.45) is 0. The maximum absolute atomic E-state index is 13.6. The van der Waals surface area contributed by atoms with Gasteiger partial charge in [0.05, 0.1) is 10.5 Å². The highest BCUT2D eigenvalue weighted by molar-refractivity contribution is 9.10. The van der Waals surface area contributed by atoms with Gasteiger partial charge in [-0.25, -0.2) is 8.78 Å². The number of halogens is 3. The molecule has 100 valence electrons.